The van der Waals surface area contributed by atoms with Gasteiger partial charge in [-0.05, 0) is 26.0 Å². The van der Waals surface area contributed by atoms with E-state index >= 15 is 0 Å². The number of nitrogens with one attached hydrogen (secondary N) is 1. The zero-order valence-corrected chi connectivity index (χ0v) is 15.7. The Balaban J connectivity index is 1.72. The molecule has 1 unspecified atom stereocenters. The zero-order chi connectivity index (χ0) is 19.4. The van der Waals surface area contributed by atoms with Gasteiger partial charge in [0, 0.05) is 5.56 Å². The van der Waals surface area contributed by atoms with Crippen LogP contribution >= 0.6 is 11.8 Å². The Morgan fingerprint density at radius 2 is 1.93 bits per heavy atom. The van der Waals surface area contributed by atoms with Crippen LogP contribution in [-0.2, 0) is 4.79 Å². The topological polar surface area (TPSA) is 110 Å². The van der Waals surface area contributed by atoms with Crippen LogP contribution in [0.4, 0.5) is 5.69 Å². The molecular weight excluding hydrogens is 360 g/mol. The molecule has 3 aromatic rings. The van der Waals surface area contributed by atoms with Crippen molar-refractivity contribution in [2.24, 2.45) is 0 Å². The van der Waals surface area contributed by atoms with Gasteiger partial charge in [0.25, 0.3) is 0 Å². The van der Waals surface area contributed by atoms with Crippen molar-refractivity contribution in [1.82, 2.24) is 14.9 Å². The summed E-state index contributed by atoms with van der Waals surface area (Å²) in [5, 5.41) is 20.1. The first-order valence-electron chi connectivity index (χ1n) is 8.23. The molecule has 0 aliphatic heterocycles. The van der Waals surface area contributed by atoms with E-state index in [-0.39, 0.29) is 5.91 Å². The average Bonchev–Trinajstić information content (AvgIpc) is 3.03. The largest absolute Gasteiger partial charge is 0.335 e. The van der Waals surface area contributed by atoms with Gasteiger partial charge in [-0.25, -0.2) is 4.68 Å². The number of nitriles is 1. The Hall–Kier alpha value is -3.31. The molecular formula is C19H18N6OS. The van der Waals surface area contributed by atoms with Crippen LogP contribution in [0.25, 0.3) is 11.4 Å². The number of anilines is 1. The summed E-state index contributed by atoms with van der Waals surface area (Å²) in [6.45, 7) is 3.75. The lowest BCUT2D eigenvalue weighted by molar-refractivity contribution is -0.115. The number of thioether (sulfide) groups is 1. The number of amides is 1. The fourth-order valence-electron chi connectivity index (χ4n) is 2.39. The van der Waals surface area contributed by atoms with Gasteiger partial charge in [0.05, 0.1) is 16.5 Å². The molecule has 0 radical (unpaired) electrons. The minimum Gasteiger partial charge on any atom is -0.335 e. The number of benzene rings is 2. The number of aryl methyl sites for hydroxylation is 1. The maximum Gasteiger partial charge on any atom is 0.237 e. The molecule has 1 aromatic heterocycles. The third kappa shape index (κ3) is 4.10. The average molecular weight is 378 g/mol. The minimum absolute atomic E-state index is 0.248. The quantitative estimate of drug-likeness (QED) is 0.522. The van der Waals surface area contributed by atoms with E-state index < -0.39 is 5.25 Å². The first-order chi connectivity index (χ1) is 13.0. The van der Waals surface area contributed by atoms with Gasteiger partial charge in [-0.15, -0.1) is 10.2 Å². The predicted octanol–water partition coefficient (Wildman–Crippen LogP) is 2.96. The number of nitrogens with two attached hydrogens (primary N) is 1. The van der Waals surface area contributed by atoms with Gasteiger partial charge in [0.2, 0.25) is 11.1 Å². The van der Waals surface area contributed by atoms with E-state index in [0.717, 1.165) is 11.1 Å². The maximum atomic E-state index is 12.5. The monoisotopic (exact) mass is 378 g/mol. The van der Waals surface area contributed by atoms with Crippen LogP contribution in [0.2, 0.25) is 0 Å². The normalized spacial score (nSPS) is 11.6. The smallest absolute Gasteiger partial charge is 0.237 e. The van der Waals surface area contributed by atoms with Crippen molar-refractivity contribution in [3.63, 3.8) is 0 Å². The molecule has 0 fully saturated rings. The molecule has 27 heavy (non-hydrogen) atoms. The number of hydrogen-bond donors (Lipinski definition) is 2. The maximum absolute atomic E-state index is 12.5. The first-order valence-corrected chi connectivity index (χ1v) is 9.11. The molecule has 0 aliphatic rings. The molecule has 0 saturated heterocycles. The second-order valence-electron chi connectivity index (χ2n) is 5.95. The van der Waals surface area contributed by atoms with Crippen LogP contribution in [0.15, 0.2) is 53.7 Å². The lowest BCUT2D eigenvalue weighted by Crippen LogP contribution is -2.24. The van der Waals surface area contributed by atoms with Crippen molar-refractivity contribution in [3.05, 3.63) is 59.7 Å². The lowest BCUT2D eigenvalue weighted by atomic mass is 10.1. The van der Waals surface area contributed by atoms with Gasteiger partial charge >= 0.3 is 0 Å². The van der Waals surface area contributed by atoms with Gasteiger partial charge in [0.1, 0.15) is 6.07 Å². The number of carbonyl (C=O) groups is 1. The molecule has 0 aliphatic carbocycles. The zero-order valence-electron chi connectivity index (χ0n) is 14.9. The molecule has 3 N–H and O–H groups in total. The second kappa shape index (κ2) is 7.93. The van der Waals surface area contributed by atoms with Crippen molar-refractivity contribution in [2.75, 3.05) is 11.2 Å². The van der Waals surface area contributed by atoms with Crippen molar-refractivity contribution in [1.29, 1.82) is 5.26 Å². The van der Waals surface area contributed by atoms with E-state index in [1.807, 2.05) is 31.2 Å². The summed E-state index contributed by atoms with van der Waals surface area (Å²) in [6.07, 6.45) is 0. The summed E-state index contributed by atoms with van der Waals surface area (Å²) in [5.41, 5.74) is 2.88. The molecule has 0 bridgehead atoms. The van der Waals surface area contributed by atoms with Crippen LogP contribution in [0, 0.1) is 18.3 Å². The number of para-hydroxylation sites is 1. The van der Waals surface area contributed by atoms with Crippen molar-refractivity contribution >= 4 is 23.4 Å². The number of nitrogens with zero attached hydrogens (tertiary/aromatic N) is 4. The van der Waals surface area contributed by atoms with Crippen LogP contribution in [0.1, 0.15) is 18.1 Å². The highest BCUT2D eigenvalue weighted by atomic mass is 32.2. The van der Waals surface area contributed by atoms with Crippen LogP contribution < -0.4 is 11.2 Å². The predicted molar refractivity (Wildman–Crippen MR) is 105 cm³/mol. The van der Waals surface area contributed by atoms with Gasteiger partial charge in [0.15, 0.2) is 5.82 Å². The summed E-state index contributed by atoms with van der Waals surface area (Å²) in [4.78, 5) is 12.5. The van der Waals surface area contributed by atoms with Crippen LogP contribution in [0.3, 0.4) is 0 Å². The standard InChI is InChI=1S/C19H18N6OS/c1-12-7-9-14(10-8-12)17-23-24-19(25(17)21)27-13(2)18(26)22-16-6-4-3-5-15(16)11-20/h3-10,13H,21H2,1-2H3,(H,22,26). The Bertz CT molecular complexity index is 1010. The third-order valence-corrected chi connectivity index (χ3v) is 4.99. The van der Waals surface area contributed by atoms with E-state index in [9.17, 15) is 4.79 Å². The lowest BCUT2D eigenvalue weighted by Gasteiger charge is -2.12. The number of hydrogen-bond acceptors (Lipinski definition) is 6. The van der Waals surface area contributed by atoms with Crippen LogP contribution in [0.5, 0.6) is 0 Å². The Morgan fingerprint density at radius 3 is 2.63 bits per heavy atom. The summed E-state index contributed by atoms with van der Waals surface area (Å²) < 4.78 is 1.38. The fraction of sp³-hybridized carbons (Fsp3) is 0.158. The van der Waals surface area contributed by atoms with E-state index in [0.29, 0.717) is 22.2 Å². The van der Waals surface area contributed by atoms with E-state index in [1.54, 1.807) is 31.2 Å². The molecule has 8 heteroatoms. The highest BCUT2D eigenvalue weighted by Crippen LogP contribution is 2.26. The Morgan fingerprint density at radius 1 is 1.22 bits per heavy atom. The van der Waals surface area contributed by atoms with Gasteiger partial charge in [-0.1, -0.05) is 53.7 Å². The summed E-state index contributed by atoms with van der Waals surface area (Å²) in [5.74, 6) is 6.40. The summed E-state index contributed by atoms with van der Waals surface area (Å²) >= 11 is 1.20. The molecule has 1 atom stereocenters. The molecule has 3 rings (SSSR count). The highest BCUT2D eigenvalue weighted by molar-refractivity contribution is 8.00. The Labute approximate surface area is 161 Å². The molecule has 136 valence electrons. The minimum atomic E-state index is -0.478. The molecule has 0 spiro atoms. The Kier molecular flexibility index (Phi) is 5.43. The van der Waals surface area contributed by atoms with Crippen molar-refractivity contribution in [2.45, 2.75) is 24.3 Å². The number of rotatable bonds is 5. The number of nitrogen functional groups attached to an aromatic ring is 1. The summed E-state index contributed by atoms with van der Waals surface area (Å²) in [6, 6.07) is 16.7. The second-order valence-corrected chi connectivity index (χ2v) is 7.26. The molecule has 2 aromatic carbocycles. The number of aromatic nitrogens is 3. The van der Waals surface area contributed by atoms with Crippen molar-refractivity contribution < 1.29 is 4.79 Å². The SMILES string of the molecule is Cc1ccc(-c2nnc(SC(C)C(=O)Nc3ccccc3C#N)n2N)cc1. The number of carbonyl (C=O) groups excluding carboxylic acids is 1. The van der Waals surface area contributed by atoms with E-state index in [2.05, 4.69) is 21.6 Å². The third-order valence-electron chi connectivity index (χ3n) is 3.93. The first kappa shape index (κ1) is 18.5. The van der Waals surface area contributed by atoms with E-state index in [4.69, 9.17) is 11.1 Å². The van der Waals surface area contributed by atoms with Crippen molar-refractivity contribution in [3.8, 4) is 17.5 Å². The van der Waals surface area contributed by atoms with Crippen LogP contribution in [-0.4, -0.2) is 26.0 Å². The summed E-state index contributed by atoms with van der Waals surface area (Å²) in [7, 11) is 0. The molecule has 7 nitrogen and oxygen atoms in total. The molecule has 1 heterocycles. The van der Waals surface area contributed by atoms with Gasteiger partial charge in [-0.3, -0.25) is 4.79 Å². The highest BCUT2D eigenvalue weighted by Gasteiger charge is 2.20. The molecule has 0 saturated carbocycles. The molecule has 1 amide bonds. The van der Waals surface area contributed by atoms with E-state index in [1.165, 1.54) is 16.4 Å². The van der Waals surface area contributed by atoms with Gasteiger partial charge < -0.3 is 11.2 Å². The van der Waals surface area contributed by atoms with Gasteiger partial charge in [-0.2, -0.15) is 5.26 Å². The fourth-order valence-corrected chi connectivity index (χ4v) is 3.16.